The predicted octanol–water partition coefficient (Wildman–Crippen LogP) is 30.2. The summed E-state index contributed by atoms with van der Waals surface area (Å²) in [6, 6.07) is 77.3. The number of pyridine rings is 7. The number of aryl methyl sites for hydroxylation is 13. The van der Waals surface area contributed by atoms with Crippen LogP contribution < -0.4 is 22.8 Å². The summed E-state index contributed by atoms with van der Waals surface area (Å²) in [6.07, 6.45) is 1.68. The molecule has 0 N–H and O–H groups in total. The largest absolute Gasteiger partial charge is 0.437 e. The van der Waals surface area contributed by atoms with Crippen molar-refractivity contribution < 1.29 is 48.7 Å². The molecular formula is C127H137FN9O3+5. The summed E-state index contributed by atoms with van der Waals surface area (Å²) in [5.74, 6) is 0.865. The highest BCUT2D eigenvalue weighted by molar-refractivity contribution is 6.23. The lowest BCUT2D eigenvalue weighted by Crippen LogP contribution is -2.32. The molecule has 12 nitrogen and oxygen atoms in total. The predicted molar refractivity (Wildman–Crippen MR) is 580 cm³/mol. The topological polar surface area (TPSA) is 110 Å². The fourth-order valence-electron chi connectivity index (χ4n) is 20.3. The molecule has 140 heavy (non-hydrogen) atoms. The highest BCUT2D eigenvalue weighted by atomic mass is 19.1. The molecule has 21 rings (SSSR count). The van der Waals surface area contributed by atoms with E-state index in [1.54, 1.807) is 0 Å². The molecule has 21 aromatic rings. The summed E-state index contributed by atoms with van der Waals surface area (Å²) in [7, 11) is 10.2. The van der Waals surface area contributed by atoms with Gasteiger partial charge in [0.05, 0.1) is 29.1 Å². The van der Waals surface area contributed by atoms with E-state index >= 15 is 0 Å². The van der Waals surface area contributed by atoms with Crippen LogP contribution in [0.5, 0.6) is 0 Å². The van der Waals surface area contributed by atoms with Gasteiger partial charge in [0.15, 0.2) is 28.5 Å². The first-order valence-electron chi connectivity index (χ1n) is 52.3. The van der Waals surface area contributed by atoms with Crippen LogP contribution in [0.4, 0.5) is 4.39 Å². The zero-order valence-electron chi connectivity index (χ0n) is 92.9. The van der Waals surface area contributed by atoms with Crippen LogP contribution in [0.1, 0.15) is 179 Å². The zero-order chi connectivity index (χ0) is 105. The molecule has 0 spiro atoms. The number of rotatable bonds is 14. The van der Waals surface area contributed by atoms with Gasteiger partial charge in [-0.1, -0.05) is 161 Å². The summed E-state index contributed by atoms with van der Waals surface area (Å²) < 4.78 is 95.8. The molecule has 13 heteroatoms. The van der Waals surface area contributed by atoms with Gasteiger partial charge in [0.1, 0.15) is 39.7 Å². The van der Waals surface area contributed by atoms with Crippen molar-refractivity contribution in [3.63, 3.8) is 0 Å². The van der Waals surface area contributed by atoms with E-state index in [1.807, 2.05) is 200 Å². The fraction of sp³-hybridized carbons (Fsp3) is 0.299. The highest BCUT2D eigenvalue weighted by Crippen LogP contribution is 2.46. The number of furan rings is 3. The Hall–Kier alpha value is -14.0. The second kappa shape index (κ2) is 39.7. The van der Waals surface area contributed by atoms with Gasteiger partial charge in [0.25, 0.3) is 6.33 Å². The molecule has 0 saturated heterocycles. The van der Waals surface area contributed by atoms with E-state index in [2.05, 4.69) is 270 Å². The van der Waals surface area contributed by atoms with Crippen molar-refractivity contribution in [1.82, 2.24) is 19.9 Å². The Bertz CT molecular complexity index is 8780. The van der Waals surface area contributed by atoms with E-state index < -0.39 is 24.5 Å². The molecule has 10 aromatic carbocycles. The maximum atomic E-state index is 14.3. The van der Waals surface area contributed by atoms with Gasteiger partial charge >= 0.3 is 0 Å². The van der Waals surface area contributed by atoms with E-state index in [0.29, 0.717) is 34.5 Å². The number of benzene rings is 10. The normalized spacial score (nSPS) is 12.8. The van der Waals surface area contributed by atoms with E-state index in [0.717, 1.165) is 201 Å². The second-order valence-electron chi connectivity index (χ2n) is 41.0. The Morgan fingerprint density at radius 2 is 0.779 bits per heavy atom. The molecule has 0 aliphatic carbocycles. The molecule has 710 valence electrons. The molecule has 0 bridgehead atoms. The third kappa shape index (κ3) is 19.3. The Morgan fingerprint density at radius 3 is 1.27 bits per heavy atom. The molecule has 0 fully saturated rings. The molecule has 0 atom stereocenters. The Morgan fingerprint density at radius 1 is 0.343 bits per heavy atom. The number of fused-ring (bicyclic) bond motifs is 15. The van der Waals surface area contributed by atoms with Crippen molar-refractivity contribution in [3.8, 4) is 56.3 Å². The zero-order valence-corrected chi connectivity index (χ0v) is 86.9. The van der Waals surface area contributed by atoms with E-state index in [1.165, 1.54) is 60.8 Å². The molecule has 11 heterocycles. The summed E-state index contributed by atoms with van der Waals surface area (Å²) in [4.78, 5) is 18.6. The van der Waals surface area contributed by atoms with Gasteiger partial charge in [0, 0.05) is 133 Å². The molecule has 11 aromatic heterocycles. The van der Waals surface area contributed by atoms with Crippen LogP contribution in [0, 0.1) is 118 Å². The summed E-state index contributed by atoms with van der Waals surface area (Å²) >= 11 is 0. The minimum absolute atomic E-state index is 0.110. The smallest absolute Gasteiger partial charge is 0.287 e. The van der Waals surface area contributed by atoms with Crippen LogP contribution in [-0.4, -0.2) is 19.9 Å². The highest BCUT2D eigenvalue weighted by Gasteiger charge is 2.32. The molecule has 0 amide bonds. The van der Waals surface area contributed by atoms with Crippen LogP contribution >= 0.6 is 0 Å². The monoisotopic (exact) mass is 1860 g/mol. The molecule has 0 saturated carbocycles. The van der Waals surface area contributed by atoms with Crippen molar-refractivity contribution in [2.24, 2.45) is 64.3 Å². The van der Waals surface area contributed by atoms with Gasteiger partial charge in [-0.05, 0) is 329 Å². The first kappa shape index (κ1) is 89.8. The van der Waals surface area contributed by atoms with Crippen LogP contribution in [-0.2, 0) is 67.2 Å². The van der Waals surface area contributed by atoms with Gasteiger partial charge in [-0.3, -0.25) is 0 Å². The average molecular weight is 1860 g/mol. The first-order chi connectivity index (χ1) is 69.1. The van der Waals surface area contributed by atoms with Crippen LogP contribution in [0.2, 0.25) is 0 Å². The average Bonchev–Trinajstić information content (AvgIpc) is 1.55. The number of hydrogen-bond acceptors (Lipinski definition) is 7. The van der Waals surface area contributed by atoms with Gasteiger partial charge in [-0.2, -0.15) is 13.7 Å². The van der Waals surface area contributed by atoms with Crippen molar-refractivity contribution in [2.45, 2.75) is 191 Å². The van der Waals surface area contributed by atoms with E-state index in [4.69, 9.17) is 26.5 Å². The minimum atomic E-state index is -1.43. The van der Waals surface area contributed by atoms with Crippen molar-refractivity contribution in [2.75, 3.05) is 0 Å². The summed E-state index contributed by atoms with van der Waals surface area (Å²) in [5, 5.41) is 13.0. The number of nitrogens with zero attached hydrogens (tertiary/aromatic N) is 9. The van der Waals surface area contributed by atoms with Crippen LogP contribution in [0.25, 0.3) is 177 Å². The van der Waals surface area contributed by atoms with Crippen molar-refractivity contribution in [3.05, 3.63) is 338 Å². The van der Waals surface area contributed by atoms with Crippen molar-refractivity contribution >= 4 is 121 Å². The molecule has 0 aliphatic rings. The van der Waals surface area contributed by atoms with Crippen LogP contribution in [0.15, 0.2) is 250 Å². The maximum Gasteiger partial charge on any atom is 0.287 e. The summed E-state index contributed by atoms with van der Waals surface area (Å²) in [5.41, 5.74) is 36.7. The van der Waals surface area contributed by atoms with Gasteiger partial charge in [-0.15, -0.1) is 0 Å². The van der Waals surface area contributed by atoms with E-state index in [9.17, 15) is 4.39 Å². The lowest BCUT2D eigenvalue weighted by molar-refractivity contribution is -0.662. The summed E-state index contributed by atoms with van der Waals surface area (Å²) in [6.45, 7) is 47.0. The van der Waals surface area contributed by atoms with Gasteiger partial charge in [0.2, 0.25) is 56.5 Å². The molecule has 0 aliphatic heterocycles. The molecular weight excluding hydrogens is 1720 g/mol. The molecule has 0 unspecified atom stereocenters. The Kier molecular flexibility index (Phi) is 25.5. The van der Waals surface area contributed by atoms with Crippen LogP contribution in [0.3, 0.4) is 0 Å². The number of hydrogen-bond donors (Lipinski definition) is 0. The maximum absolute atomic E-state index is 14.3. The molecule has 0 radical (unpaired) electrons. The van der Waals surface area contributed by atoms with Gasteiger partial charge in [-0.25, -0.2) is 28.5 Å². The first-order valence-corrected chi connectivity index (χ1v) is 49.3. The third-order valence-corrected chi connectivity index (χ3v) is 27.5. The SMILES string of the molecule is Cc1cc(-c2c3ccc(CC(C)C)cc3nc[n+]2C)c(C)c(C)c1F.Cc1ccc2c(n1)oc1c(-c3ccc4c(CC(C)C)cccc4[n+]3C)c(C)c(C)cc12.[2H]C([2H])(c1ccc(-c2ccccc2C)[n+](C)c1)C(C)(C)C.[2H]C([2H])(c1cccc2c1ccc(-c1c(C)c(C)cc3c1oc1nc(C)ccc13)[n+]2C)C(C)C.[2H]C([2H])(c1cccc2c1ccc(-c1c(C)c3ccccc3c3c1oc1nc(C)ccc13)[n+]2C)C(C)C. The Balaban J connectivity index is 0.000000126. The third-order valence-electron chi connectivity index (χ3n) is 27.5. The van der Waals surface area contributed by atoms with Crippen molar-refractivity contribution in [1.29, 1.82) is 0 Å². The second-order valence-corrected chi connectivity index (χ2v) is 41.0. The quantitative estimate of drug-likeness (QED) is 0.0997. The lowest BCUT2D eigenvalue weighted by Gasteiger charge is -2.17. The van der Waals surface area contributed by atoms with E-state index in [-0.39, 0.29) is 17.7 Å². The lowest BCUT2D eigenvalue weighted by atomic mass is 9.88. The van der Waals surface area contributed by atoms with Gasteiger partial charge < -0.3 is 13.3 Å². The number of aromatic nitrogens is 9. The minimum Gasteiger partial charge on any atom is -0.437 e. The number of halogens is 1. The fourth-order valence-corrected chi connectivity index (χ4v) is 20.3. The standard InChI is InChI=1S/C31H29N2O.2C28H29N2O.C22H26FN2.C18H24N/c1-18(2)17-21-9-8-12-26-23(21)15-16-27(33(26)5)28-20(4)22-10-6-7-11-24(22)29-25-14-13-19(3)32-31(25)34-30(28)29;2*1-16(2)14-20-8-7-9-24-21(20)12-13-25(30(24)6)26-19(5)17(3)15-23-22-11-10-18(4)29-28(22)31-27(23)26;1-13(2)9-17-7-8-18-20(11-17)24-12-25(6)22(18)19-10-14(3)21(23)16(5)15(19)4;1-14-8-6-7-9-16(14)17-11-10-15(13-19(17)5)12-18(2,3)4/h6-16,18H,17H2,1-5H3;2*7-13,15-16H,14H2,1-6H3;7-8,10-13H,9H2,1-6H3;6-11,13H,12H2,1-5H3/q5*+1/i17D2;14D2;;;12D2. The Labute approximate surface area is 833 Å².